The molecule has 2 unspecified atom stereocenters. The smallest absolute Gasteiger partial charge is 0.135 e. The van der Waals surface area contributed by atoms with Crippen molar-refractivity contribution >= 4 is 99.5 Å². The molecular formula is C61H44N4O. The Morgan fingerprint density at radius 1 is 0.485 bits per heavy atom. The third-order valence-electron chi connectivity index (χ3n) is 15.1. The van der Waals surface area contributed by atoms with Gasteiger partial charge in [-0.25, -0.2) is 0 Å². The molecule has 0 amide bonds. The Morgan fingerprint density at radius 2 is 1.20 bits per heavy atom. The van der Waals surface area contributed by atoms with Gasteiger partial charge in [0.2, 0.25) is 0 Å². The van der Waals surface area contributed by atoms with E-state index in [-0.39, 0.29) is 0 Å². The maximum atomic E-state index is 6.30. The first-order chi connectivity index (χ1) is 32.7. The number of hydrogen-bond donors (Lipinski definition) is 0. The molecule has 5 nitrogen and oxygen atoms in total. The van der Waals surface area contributed by atoms with E-state index in [0.717, 1.165) is 59.0 Å². The Labute approximate surface area is 380 Å². The van der Waals surface area contributed by atoms with Gasteiger partial charge in [-0.1, -0.05) is 122 Å². The monoisotopic (exact) mass is 848 g/mol. The highest BCUT2D eigenvalue weighted by Crippen LogP contribution is 2.49. The minimum atomic E-state index is 0.332. The molecule has 5 heterocycles. The van der Waals surface area contributed by atoms with Gasteiger partial charge < -0.3 is 22.7 Å². The average molecular weight is 849 g/mol. The molecule has 0 spiro atoms. The number of furan rings is 1. The van der Waals surface area contributed by atoms with Crippen molar-refractivity contribution in [2.45, 2.75) is 44.6 Å². The molecule has 314 valence electrons. The van der Waals surface area contributed by atoms with Crippen molar-refractivity contribution in [1.82, 2.24) is 18.3 Å². The van der Waals surface area contributed by atoms with E-state index < -0.39 is 0 Å². The standard InChI is InChI=1S/C61H44N4O/c1-37-15-14-23-47-58-54(64(59(37)47)41-27-31-52-48(35-41)42-20-8-11-24-50(42)62(52)38-16-4-2-5-17-38)33-30-45-44-29-32-53-57(60(44)65(61(45)58)39-18-6-3-7-19-39)46-22-9-12-25-51(46)63(53)40-28-34-56-49(36-40)43-21-10-13-26-55(43)66-56/h2-10,12-14,16,18-23,25-38H,11,15,17,24H2,1H3. The fourth-order valence-electron chi connectivity index (χ4n) is 12.4. The molecule has 7 aromatic carbocycles. The lowest BCUT2D eigenvalue weighted by molar-refractivity contribution is 0.598. The van der Waals surface area contributed by atoms with Crippen LogP contribution in [0.25, 0.3) is 117 Å². The number of benzene rings is 7. The number of rotatable bonds is 4. The SMILES string of the molecule is CC1CC=Cc2c1n(-c1ccc3c(c1)c1c(n3C3C=CC=CC3)CCC=C1)c1ccc3c4ccc5c(c6ccccc6n5-c5ccc6oc7ccccc7c6c5)c4n(-c4ccccc4)c3c21. The van der Waals surface area contributed by atoms with Gasteiger partial charge in [-0.05, 0) is 98.5 Å². The Balaban J connectivity index is 1.04. The second-order valence-electron chi connectivity index (χ2n) is 18.7. The molecule has 5 heteroatoms. The van der Waals surface area contributed by atoms with Crippen molar-refractivity contribution in [2.75, 3.05) is 0 Å². The van der Waals surface area contributed by atoms with Crippen molar-refractivity contribution in [2.24, 2.45) is 0 Å². The average Bonchev–Trinajstić information content (AvgIpc) is 4.17. The summed E-state index contributed by atoms with van der Waals surface area (Å²) in [5.41, 5.74) is 18.3. The van der Waals surface area contributed by atoms with Crippen LogP contribution < -0.4 is 0 Å². The normalized spacial score (nSPS) is 17.0. The summed E-state index contributed by atoms with van der Waals surface area (Å²) in [5, 5.41) is 9.91. The quantitative estimate of drug-likeness (QED) is 0.174. The second-order valence-corrected chi connectivity index (χ2v) is 18.7. The molecule has 2 atom stereocenters. The Kier molecular flexibility index (Phi) is 7.44. The molecule has 0 aliphatic heterocycles. The van der Waals surface area contributed by atoms with Gasteiger partial charge in [0.15, 0.2) is 0 Å². The molecule has 66 heavy (non-hydrogen) atoms. The molecule has 15 rings (SSSR count). The minimum Gasteiger partial charge on any atom is -0.456 e. The van der Waals surface area contributed by atoms with E-state index in [4.69, 9.17) is 4.42 Å². The third-order valence-corrected chi connectivity index (χ3v) is 15.1. The van der Waals surface area contributed by atoms with E-state index in [2.05, 4.69) is 207 Å². The van der Waals surface area contributed by atoms with Crippen LogP contribution in [-0.4, -0.2) is 18.3 Å². The van der Waals surface area contributed by atoms with Crippen LogP contribution in [0.5, 0.6) is 0 Å². The van der Waals surface area contributed by atoms with Crippen LogP contribution in [0.4, 0.5) is 0 Å². The first-order valence-corrected chi connectivity index (χ1v) is 23.6. The first-order valence-electron chi connectivity index (χ1n) is 23.6. The Hall–Kier alpha value is -8.02. The summed E-state index contributed by atoms with van der Waals surface area (Å²) in [4.78, 5) is 0. The van der Waals surface area contributed by atoms with Crippen LogP contribution in [-0.2, 0) is 6.42 Å². The van der Waals surface area contributed by atoms with Crippen LogP contribution in [0.1, 0.15) is 60.7 Å². The highest BCUT2D eigenvalue weighted by molar-refractivity contribution is 6.29. The zero-order valence-electron chi connectivity index (χ0n) is 36.6. The van der Waals surface area contributed by atoms with Crippen molar-refractivity contribution in [3.8, 4) is 17.1 Å². The van der Waals surface area contributed by atoms with Crippen LogP contribution in [0.15, 0.2) is 180 Å². The van der Waals surface area contributed by atoms with Gasteiger partial charge in [0, 0.05) is 94.1 Å². The van der Waals surface area contributed by atoms with Gasteiger partial charge in [-0.15, -0.1) is 0 Å². The lowest BCUT2D eigenvalue weighted by atomic mass is 9.92. The van der Waals surface area contributed by atoms with E-state index >= 15 is 0 Å². The van der Waals surface area contributed by atoms with Gasteiger partial charge in [-0.2, -0.15) is 0 Å². The number of fused-ring (bicyclic) bond motifs is 17. The van der Waals surface area contributed by atoms with E-state index in [1.807, 2.05) is 6.07 Å². The zero-order valence-corrected chi connectivity index (χ0v) is 36.6. The predicted molar refractivity (Wildman–Crippen MR) is 276 cm³/mol. The summed E-state index contributed by atoms with van der Waals surface area (Å²) in [7, 11) is 0. The second kappa shape index (κ2) is 13.5. The van der Waals surface area contributed by atoms with Crippen LogP contribution in [0.3, 0.4) is 0 Å². The molecule has 0 fully saturated rings. The summed E-state index contributed by atoms with van der Waals surface area (Å²) in [5.74, 6) is 0.338. The summed E-state index contributed by atoms with van der Waals surface area (Å²) < 4.78 is 16.6. The van der Waals surface area contributed by atoms with Gasteiger partial charge in [0.1, 0.15) is 11.2 Å². The fraction of sp³-hybridized carbons (Fsp3) is 0.115. The maximum absolute atomic E-state index is 6.30. The first kappa shape index (κ1) is 36.3. The summed E-state index contributed by atoms with van der Waals surface area (Å²) in [6.07, 6.45) is 22.8. The summed E-state index contributed by atoms with van der Waals surface area (Å²) in [6, 6.07) is 52.2. The maximum Gasteiger partial charge on any atom is 0.135 e. The lowest BCUT2D eigenvalue weighted by Crippen LogP contribution is -2.11. The van der Waals surface area contributed by atoms with Crippen LogP contribution >= 0.6 is 0 Å². The zero-order chi connectivity index (χ0) is 43.2. The number of hydrogen-bond acceptors (Lipinski definition) is 1. The molecular weight excluding hydrogens is 805 g/mol. The lowest BCUT2D eigenvalue weighted by Gasteiger charge is -2.21. The van der Waals surface area contributed by atoms with Crippen molar-refractivity contribution in [3.63, 3.8) is 0 Å². The van der Waals surface area contributed by atoms with Gasteiger partial charge >= 0.3 is 0 Å². The minimum absolute atomic E-state index is 0.332. The Morgan fingerprint density at radius 3 is 2.06 bits per heavy atom. The predicted octanol–water partition coefficient (Wildman–Crippen LogP) is 16.2. The van der Waals surface area contributed by atoms with E-state index in [1.165, 1.54) is 93.6 Å². The van der Waals surface area contributed by atoms with Crippen LogP contribution in [0.2, 0.25) is 0 Å². The molecule has 0 radical (unpaired) electrons. The Bertz CT molecular complexity index is 4190. The summed E-state index contributed by atoms with van der Waals surface area (Å²) in [6.45, 7) is 2.41. The third kappa shape index (κ3) is 4.84. The van der Waals surface area contributed by atoms with Gasteiger partial charge in [0.05, 0.1) is 33.6 Å². The van der Waals surface area contributed by atoms with Crippen molar-refractivity contribution in [1.29, 1.82) is 0 Å². The van der Waals surface area contributed by atoms with Crippen LogP contribution in [0, 0.1) is 0 Å². The summed E-state index contributed by atoms with van der Waals surface area (Å²) >= 11 is 0. The van der Waals surface area contributed by atoms with Gasteiger partial charge in [0.25, 0.3) is 0 Å². The van der Waals surface area contributed by atoms with Gasteiger partial charge in [-0.3, -0.25) is 0 Å². The highest BCUT2D eigenvalue weighted by atomic mass is 16.3. The molecule has 3 aliphatic carbocycles. The fourth-order valence-corrected chi connectivity index (χ4v) is 12.4. The number of allylic oxidation sites excluding steroid dienone is 6. The van der Waals surface area contributed by atoms with Crippen molar-refractivity contribution in [3.05, 3.63) is 198 Å². The van der Waals surface area contributed by atoms with E-state index in [0.29, 0.717) is 12.0 Å². The molecule has 3 aliphatic rings. The van der Waals surface area contributed by atoms with E-state index in [1.54, 1.807) is 0 Å². The molecule has 0 bridgehead atoms. The van der Waals surface area contributed by atoms with Crippen molar-refractivity contribution < 1.29 is 4.42 Å². The van der Waals surface area contributed by atoms with E-state index in [9.17, 15) is 0 Å². The number of para-hydroxylation sites is 3. The molecule has 12 aromatic rings. The number of nitrogens with zero attached hydrogens (tertiary/aromatic N) is 4. The molecule has 5 aromatic heterocycles. The topological polar surface area (TPSA) is 32.9 Å². The molecule has 0 saturated heterocycles. The highest BCUT2D eigenvalue weighted by Gasteiger charge is 2.30. The molecule has 0 N–H and O–H groups in total. The number of aromatic nitrogens is 4. The largest absolute Gasteiger partial charge is 0.456 e. The molecule has 0 saturated carbocycles.